The van der Waals surface area contributed by atoms with E-state index in [0.29, 0.717) is 11.5 Å². The Bertz CT molecular complexity index is 627. The fraction of sp³-hybridized carbons (Fsp3) is 0.538. The summed E-state index contributed by atoms with van der Waals surface area (Å²) >= 11 is 0. The van der Waals surface area contributed by atoms with Crippen LogP contribution in [0.4, 0.5) is 5.69 Å². The number of hydrogen-bond acceptors (Lipinski definition) is 4. The second kappa shape index (κ2) is 5.49. The number of nitro groups is 1. The molecule has 1 aromatic carbocycles. The van der Waals surface area contributed by atoms with Gasteiger partial charge in [-0.05, 0) is 37.7 Å². The van der Waals surface area contributed by atoms with Crippen molar-refractivity contribution in [2.75, 3.05) is 0 Å². The normalized spacial score (nSPS) is 22.9. The van der Waals surface area contributed by atoms with Gasteiger partial charge in [0.05, 0.1) is 4.92 Å². The highest BCUT2D eigenvalue weighted by Gasteiger charge is 2.32. The predicted molar refractivity (Wildman–Crippen MR) is 75.0 cm³/mol. The minimum Gasteiger partial charge on any atom is -0.258 e. The molecule has 6 nitrogen and oxygen atoms in total. The Morgan fingerprint density at radius 2 is 2.05 bits per heavy atom. The summed E-state index contributed by atoms with van der Waals surface area (Å²) < 4.78 is 27.5. The number of hydrogen-bond donors (Lipinski definition) is 1. The third-order valence-corrected chi connectivity index (χ3v) is 5.39. The second-order valence-corrected chi connectivity index (χ2v) is 7.07. The van der Waals surface area contributed by atoms with Crippen molar-refractivity contribution in [3.63, 3.8) is 0 Å². The number of sulfonamides is 1. The molecule has 1 aromatic rings. The fourth-order valence-electron chi connectivity index (χ4n) is 2.72. The van der Waals surface area contributed by atoms with Gasteiger partial charge in [-0.2, -0.15) is 0 Å². The van der Waals surface area contributed by atoms with Crippen LogP contribution in [-0.2, 0) is 10.0 Å². The van der Waals surface area contributed by atoms with E-state index < -0.39 is 14.9 Å². The molecule has 1 aliphatic rings. The molecular weight excluding hydrogens is 280 g/mol. The lowest BCUT2D eigenvalue weighted by Gasteiger charge is -2.14. The molecule has 0 heterocycles. The van der Waals surface area contributed by atoms with Gasteiger partial charge in [-0.1, -0.05) is 19.1 Å². The minimum atomic E-state index is -3.87. The summed E-state index contributed by atoms with van der Waals surface area (Å²) in [6.07, 6.45) is 2.53. The van der Waals surface area contributed by atoms with Crippen LogP contribution < -0.4 is 4.72 Å². The van der Waals surface area contributed by atoms with Crippen molar-refractivity contribution in [1.82, 2.24) is 4.72 Å². The first-order valence-corrected chi connectivity index (χ1v) is 8.06. The van der Waals surface area contributed by atoms with Crippen LogP contribution >= 0.6 is 0 Å². The molecular formula is C13H18N2O4S. The molecule has 1 fully saturated rings. The molecule has 0 saturated heterocycles. The molecule has 1 N–H and O–H groups in total. The van der Waals surface area contributed by atoms with Gasteiger partial charge in [0.2, 0.25) is 10.0 Å². The summed E-state index contributed by atoms with van der Waals surface area (Å²) in [6.45, 7) is 3.64. The minimum absolute atomic E-state index is 0.130. The Morgan fingerprint density at radius 3 is 2.60 bits per heavy atom. The van der Waals surface area contributed by atoms with Crippen LogP contribution in [0.3, 0.4) is 0 Å². The molecule has 7 heteroatoms. The molecule has 0 amide bonds. The van der Waals surface area contributed by atoms with Gasteiger partial charge in [-0.3, -0.25) is 10.1 Å². The van der Waals surface area contributed by atoms with E-state index in [1.807, 2.05) is 0 Å². The molecule has 110 valence electrons. The summed E-state index contributed by atoms with van der Waals surface area (Å²) in [4.78, 5) is 10.2. The summed E-state index contributed by atoms with van der Waals surface area (Å²) in [6, 6.07) is 4.15. The molecule has 0 radical (unpaired) electrons. The van der Waals surface area contributed by atoms with E-state index in [1.165, 1.54) is 12.1 Å². The Balaban J connectivity index is 2.37. The van der Waals surface area contributed by atoms with Crippen molar-refractivity contribution in [2.45, 2.75) is 44.0 Å². The van der Waals surface area contributed by atoms with Gasteiger partial charge in [0.1, 0.15) is 0 Å². The third kappa shape index (κ3) is 2.99. The lowest BCUT2D eigenvalue weighted by molar-refractivity contribution is -0.387. The molecule has 20 heavy (non-hydrogen) atoms. The Hall–Kier alpha value is -1.47. The van der Waals surface area contributed by atoms with Crippen LogP contribution in [0.2, 0.25) is 0 Å². The maximum atomic E-state index is 12.4. The molecule has 0 aromatic heterocycles. The average Bonchev–Trinajstić information content (AvgIpc) is 2.73. The Labute approximate surface area is 118 Å². The van der Waals surface area contributed by atoms with Crippen LogP contribution in [0.1, 0.15) is 31.7 Å². The standard InChI is InChI=1S/C13H18N2O4S/c1-9-6-7-11(8-9)14-20(18,19)13-10(2)4-3-5-12(13)15(16)17/h3-5,9,11,14H,6-8H2,1-2H3. The van der Waals surface area contributed by atoms with Crippen molar-refractivity contribution < 1.29 is 13.3 Å². The van der Waals surface area contributed by atoms with Crippen LogP contribution in [0.25, 0.3) is 0 Å². The number of nitrogens with zero attached hydrogens (tertiary/aromatic N) is 1. The molecule has 1 aliphatic carbocycles. The van der Waals surface area contributed by atoms with Crippen LogP contribution in [0, 0.1) is 23.0 Å². The zero-order valence-corrected chi connectivity index (χ0v) is 12.3. The molecule has 0 bridgehead atoms. The molecule has 1 saturated carbocycles. The van der Waals surface area contributed by atoms with Crippen molar-refractivity contribution in [3.8, 4) is 0 Å². The zero-order valence-electron chi connectivity index (χ0n) is 11.5. The van der Waals surface area contributed by atoms with E-state index in [9.17, 15) is 18.5 Å². The summed E-state index contributed by atoms with van der Waals surface area (Å²) in [5, 5.41) is 11.0. The van der Waals surface area contributed by atoms with Crippen molar-refractivity contribution in [1.29, 1.82) is 0 Å². The van der Waals surface area contributed by atoms with Gasteiger partial charge in [0, 0.05) is 12.1 Å². The first-order valence-electron chi connectivity index (χ1n) is 6.57. The monoisotopic (exact) mass is 298 g/mol. The number of benzene rings is 1. The third-order valence-electron chi connectivity index (χ3n) is 3.67. The Kier molecular flexibility index (Phi) is 4.10. The summed E-state index contributed by atoms with van der Waals surface area (Å²) in [5.41, 5.74) is 0.0151. The van der Waals surface area contributed by atoms with Crippen LogP contribution in [0.5, 0.6) is 0 Å². The van der Waals surface area contributed by atoms with Gasteiger partial charge in [0.25, 0.3) is 5.69 Å². The highest BCUT2D eigenvalue weighted by Crippen LogP contribution is 2.30. The van der Waals surface area contributed by atoms with Crippen LogP contribution in [0.15, 0.2) is 23.1 Å². The predicted octanol–water partition coefficient (Wildman–Crippen LogP) is 2.37. The van der Waals surface area contributed by atoms with E-state index in [-0.39, 0.29) is 16.6 Å². The van der Waals surface area contributed by atoms with Crippen molar-refractivity contribution >= 4 is 15.7 Å². The molecule has 0 spiro atoms. The van der Waals surface area contributed by atoms with E-state index in [4.69, 9.17) is 0 Å². The van der Waals surface area contributed by atoms with Gasteiger partial charge in [-0.15, -0.1) is 0 Å². The summed E-state index contributed by atoms with van der Waals surface area (Å²) in [5.74, 6) is 0.481. The molecule has 0 aliphatic heterocycles. The second-order valence-electron chi connectivity index (χ2n) is 5.42. The molecule has 2 rings (SSSR count). The maximum absolute atomic E-state index is 12.4. The largest absolute Gasteiger partial charge is 0.289 e. The van der Waals surface area contributed by atoms with Gasteiger partial charge < -0.3 is 0 Å². The van der Waals surface area contributed by atoms with Crippen LogP contribution in [-0.4, -0.2) is 19.4 Å². The van der Waals surface area contributed by atoms with E-state index in [0.717, 1.165) is 19.3 Å². The molecule has 2 atom stereocenters. The van der Waals surface area contributed by atoms with E-state index >= 15 is 0 Å². The quantitative estimate of drug-likeness (QED) is 0.682. The maximum Gasteiger partial charge on any atom is 0.289 e. The lowest BCUT2D eigenvalue weighted by Crippen LogP contribution is -2.33. The number of nitro benzene ring substituents is 1. The smallest absolute Gasteiger partial charge is 0.258 e. The first kappa shape index (κ1) is 14.9. The lowest BCUT2D eigenvalue weighted by atomic mass is 10.1. The SMILES string of the molecule is Cc1cccc([N+](=O)[O-])c1S(=O)(=O)NC1CCC(C)C1. The Morgan fingerprint density at radius 1 is 1.35 bits per heavy atom. The van der Waals surface area contributed by atoms with Gasteiger partial charge in [-0.25, -0.2) is 13.1 Å². The summed E-state index contributed by atoms with van der Waals surface area (Å²) in [7, 11) is -3.87. The van der Waals surface area contributed by atoms with Crippen molar-refractivity contribution in [3.05, 3.63) is 33.9 Å². The first-order chi connectivity index (χ1) is 9.31. The van der Waals surface area contributed by atoms with E-state index in [1.54, 1.807) is 13.0 Å². The number of nitrogens with one attached hydrogen (secondary N) is 1. The zero-order chi connectivity index (χ0) is 14.9. The fourth-order valence-corrected chi connectivity index (χ4v) is 4.40. The molecule has 2 unspecified atom stereocenters. The number of aryl methyl sites for hydroxylation is 1. The average molecular weight is 298 g/mol. The highest BCUT2D eigenvalue weighted by atomic mass is 32.2. The van der Waals surface area contributed by atoms with Gasteiger partial charge >= 0.3 is 0 Å². The van der Waals surface area contributed by atoms with Gasteiger partial charge in [0.15, 0.2) is 4.90 Å². The highest BCUT2D eigenvalue weighted by molar-refractivity contribution is 7.89. The topological polar surface area (TPSA) is 89.3 Å². The van der Waals surface area contributed by atoms with Crippen molar-refractivity contribution in [2.24, 2.45) is 5.92 Å². The number of rotatable bonds is 4. The van der Waals surface area contributed by atoms with E-state index in [2.05, 4.69) is 11.6 Å².